The Morgan fingerprint density at radius 1 is 1.15 bits per heavy atom. The van der Waals surface area contributed by atoms with Gasteiger partial charge in [0, 0.05) is 24.1 Å². The minimum absolute atomic E-state index is 0.0302. The molecule has 1 aromatic carbocycles. The predicted molar refractivity (Wildman–Crippen MR) is 83.8 cm³/mol. The largest absolute Gasteiger partial charge is 0.487 e. The van der Waals surface area contributed by atoms with E-state index in [2.05, 4.69) is 26.1 Å². The van der Waals surface area contributed by atoms with Crippen LogP contribution >= 0.6 is 11.6 Å². The average molecular weight is 301 g/mol. The Morgan fingerprint density at radius 2 is 1.90 bits per heavy atom. The van der Waals surface area contributed by atoms with Crippen LogP contribution in [0, 0.1) is 0 Å². The lowest BCUT2D eigenvalue weighted by Gasteiger charge is -2.23. The monoisotopic (exact) mass is 300 g/mol. The van der Waals surface area contributed by atoms with E-state index >= 15 is 0 Å². The smallest absolute Gasteiger partial charge is 0.137 e. The van der Waals surface area contributed by atoms with E-state index in [0.717, 1.165) is 42.5 Å². The average Bonchev–Trinajstić information content (AvgIpc) is 2.38. The predicted octanol–water partition coefficient (Wildman–Crippen LogP) is 2.62. The molecule has 0 heterocycles. The van der Waals surface area contributed by atoms with Crippen molar-refractivity contribution in [2.75, 3.05) is 33.4 Å². The Kier molecular flexibility index (Phi) is 7.35. The van der Waals surface area contributed by atoms with E-state index in [-0.39, 0.29) is 5.41 Å². The Balaban J connectivity index is 2.44. The second kappa shape index (κ2) is 8.50. The summed E-state index contributed by atoms with van der Waals surface area (Å²) < 4.78 is 10.9. The summed E-state index contributed by atoms with van der Waals surface area (Å²) >= 11 is 6.08. The zero-order chi connectivity index (χ0) is 15.0. The van der Waals surface area contributed by atoms with Crippen LogP contribution in [0.2, 0.25) is 5.02 Å². The molecule has 0 saturated carbocycles. The molecule has 0 saturated heterocycles. The molecule has 0 aromatic heterocycles. The van der Waals surface area contributed by atoms with Gasteiger partial charge in [0.25, 0.3) is 0 Å². The third-order valence-corrected chi connectivity index (χ3v) is 3.32. The standard InChI is InChI=1S/C16H26ClNO2/c1-16(2,3)14-12-13(17)6-7-15(14)20-11-9-18-8-5-10-19-4/h6-7,12,18H,5,8-11H2,1-4H3/p+1. The molecule has 0 unspecified atom stereocenters. The van der Waals surface area contributed by atoms with Crippen LogP contribution in [0.25, 0.3) is 0 Å². The highest BCUT2D eigenvalue weighted by molar-refractivity contribution is 6.30. The third-order valence-electron chi connectivity index (χ3n) is 3.09. The molecule has 0 aliphatic heterocycles. The van der Waals surface area contributed by atoms with Gasteiger partial charge in [0.15, 0.2) is 0 Å². The number of hydrogen-bond acceptors (Lipinski definition) is 2. The van der Waals surface area contributed by atoms with Crippen LogP contribution in [0.15, 0.2) is 18.2 Å². The van der Waals surface area contributed by atoms with E-state index in [1.54, 1.807) is 7.11 Å². The number of quaternary nitrogens is 1. The first kappa shape index (κ1) is 17.3. The molecule has 1 rings (SSSR count). The van der Waals surface area contributed by atoms with Crippen LogP contribution in [0.1, 0.15) is 32.8 Å². The zero-order valence-corrected chi connectivity index (χ0v) is 13.8. The molecular weight excluding hydrogens is 274 g/mol. The SMILES string of the molecule is COCCC[NH2+]CCOc1ccc(Cl)cc1C(C)(C)C. The van der Waals surface area contributed by atoms with Crippen LogP contribution in [0.3, 0.4) is 0 Å². The summed E-state index contributed by atoms with van der Waals surface area (Å²) in [4.78, 5) is 0. The summed E-state index contributed by atoms with van der Waals surface area (Å²) in [7, 11) is 1.73. The van der Waals surface area contributed by atoms with Crippen LogP contribution < -0.4 is 10.1 Å². The van der Waals surface area contributed by atoms with Crippen LogP contribution in [-0.2, 0) is 10.2 Å². The Labute approximate surface area is 127 Å². The molecule has 0 fully saturated rings. The zero-order valence-electron chi connectivity index (χ0n) is 13.0. The summed E-state index contributed by atoms with van der Waals surface area (Å²) in [6, 6.07) is 5.85. The quantitative estimate of drug-likeness (QED) is 0.749. The maximum absolute atomic E-state index is 6.08. The molecule has 0 aliphatic carbocycles. The minimum Gasteiger partial charge on any atom is -0.487 e. The van der Waals surface area contributed by atoms with Gasteiger partial charge in [-0.2, -0.15) is 0 Å². The molecule has 2 N–H and O–H groups in total. The maximum Gasteiger partial charge on any atom is 0.137 e. The molecule has 114 valence electrons. The second-order valence-corrected chi connectivity index (χ2v) is 6.39. The summed E-state index contributed by atoms with van der Waals surface area (Å²) in [5, 5.41) is 3.01. The van der Waals surface area contributed by atoms with Crippen molar-refractivity contribution >= 4 is 11.6 Å². The van der Waals surface area contributed by atoms with Crippen molar-refractivity contribution in [1.82, 2.24) is 0 Å². The van der Waals surface area contributed by atoms with Crippen molar-refractivity contribution in [1.29, 1.82) is 0 Å². The lowest BCUT2D eigenvalue weighted by atomic mass is 9.86. The van der Waals surface area contributed by atoms with E-state index in [1.807, 2.05) is 18.2 Å². The Morgan fingerprint density at radius 3 is 2.55 bits per heavy atom. The molecule has 3 nitrogen and oxygen atoms in total. The molecule has 4 heteroatoms. The first-order valence-electron chi connectivity index (χ1n) is 7.18. The van der Waals surface area contributed by atoms with E-state index < -0.39 is 0 Å². The van der Waals surface area contributed by atoms with Gasteiger partial charge in [-0.05, 0) is 23.6 Å². The number of benzene rings is 1. The van der Waals surface area contributed by atoms with Gasteiger partial charge in [0.1, 0.15) is 18.9 Å². The molecule has 0 atom stereocenters. The van der Waals surface area contributed by atoms with Crippen LogP contribution in [-0.4, -0.2) is 33.4 Å². The van der Waals surface area contributed by atoms with Gasteiger partial charge in [-0.15, -0.1) is 0 Å². The number of halogens is 1. The van der Waals surface area contributed by atoms with E-state index in [0.29, 0.717) is 6.61 Å². The van der Waals surface area contributed by atoms with Crippen molar-refractivity contribution < 1.29 is 14.8 Å². The first-order valence-corrected chi connectivity index (χ1v) is 7.56. The molecule has 0 amide bonds. The van der Waals surface area contributed by atoms with Gasteiger partial charge in [-0.3, -0.25) is 0 Å². The summed E-state index contributed by atoms with van der Waals surface area (Å²) in [5.74, 6) is 0.937. The highest BCUT2D eigenvalue weighted by Crippen LogP contribution is 2.33. The van der Waals surface area contributed by atoms with Gasteiger partial charge in [0.2, 0.25) is 0 Å². The number of rotatable bonds is 8. The van der Waals surface area contributed by atoms with Crippen LogP contribution in [0.4, 0.5) is 0 Å². The van der Waals surface area contributed by atoms with Crippen molar-refractivity contribution in [2.45, 2.75) is 32.6 Å². The maximum atomic E-state index is 6.08. The highest BCUT2D eigenvalue weighted by Gasteiger charge is 2.19. The molecule has 0 spiro atoms. The normalized spacial score (nSPS) is 11.7. The first-order chi connectivity index (χ1) is 9.45. The van der Waals surface area contributed by atoms with Crippen molar-refractivity contribution in [2.24, 2.45) is 0 Å². The van der Waals surface area contributed by atoms with Crippen LogP contribution in [0.5, 0.6) is 5.75 Å². The van der Waals surface area contributed by atoms with Gasteiger partial charge >= 0.3 is 0 Å². The van der Waals surface area contributed by atoms with Gasteiger partial charge in [-0.25, -0.2) is 0 Å². The molecular formula is C16H27ClNO2+. The fourth-order valence-corrected chi connectivity index (χ4v) is 2.15. The molecule has 1 aromatic rings. The molecule has 0 bridgehead atoms. The topological polar surface area (TPSA) is 35.1 Å². The van der Waals surface area contributed by atoms with Crippen molar-refractivity contribution in [3.63, 3.8) is 0 Å². The Hall–Kier alpha value is -0.770. The number of methoxy groups -OCH3 is 1. The third kappa shape index (κ3) is 6.12. The van der Waals surface area contributed by atoms with Gasteiger partial charge in [-0.1, -0.05) is 32.4 Å². The lowest BCUT2D eigenvalue weighted by Crippen LogP contribution is -2.85. The summed E-state index contributed by atoms with van der Waals surface area (Å²) in [5.41, 5.74) is 1.19. The van der Waals surface area contributed by atoms with Gasteiger partial charge in [0.05, 0.1) is 13.2 Å². The molecule has 0 radical (unpaired) electrons. The lowest BCUT2D eigenvalue weighted by molar-refractivity contribution is -0.655. The van der Waals surface area contributed by atoms with E-state index in [1.165, 1.54) is 0 Å². The number of hydrogen-bond donors (Lipinski definition) is 1. The van der Waals surface area contributed by atoms with Gasteiger partial charge < -0.3 is 14.8 Å². The minimum atomic E-state index is 0.0302. The second-order valence-electron chi connectivity index (χ2n) is 5.95. The highest BCUT2D eigenvalue weighted by atomic mass is 35.5. The van der Waals surface area contributed by atoms with E-state index in [9.17, 15) is 0 Å². The van der Waals surface area contributed by atoms with Crippen molar-refractivity contribution in [3.8, 4) is 5.75 Å². The van der Waals surface area contributed by atoms with E-state index in [4.69, 9.17) is 21.1 Å². The fraction of sp³-hybridized carbons (Fsp3) is 0.625. The summed E-state index contributed by atoms with van der Waals surface area (Å²) in [6.07, 6.45) is 1.07. The molecule has 0 aliphatic rings. The Bertz CT molecular complexity index is 402. The number of nitrogens with two attached hydrogens (primary N) is 1. The fourth-order valence-electron chi connectivity index (χ4n) is 1.98. The van der Waals surface area contributed by atoms with Crippen molar-refractivity contribution in [3.05, 3.63) is 28.8 Å². The number of ether oxygens (including phenoxy) is 2. The summed E-state index contributed by atoms with van der Waals surface area (Å²) in [6.45, 7) is 10.1. The molecule has 20 heavy (non-hydrogen) atoms.